The predicted octanol–water partition coefficient (Wildman–Crippen LogP) is 1.70. The quantitative estimate of drug-likeness (QED) is 0.651. The molecule has 0 spiro atoms. The fourth-order valence-corrected chi connectivity index (χ4v) is 3.32. The summed E-state index contributed by atoms with van der Waals surface area (Å²) in [5.41, 5.74) is -0.413. The first-order chi connectivity index (χ1) is 6.26. The van der Waals surface area contributed by atoms with E-state index in [1.807, 2.05) is 0 Å². The molecule has 2 aliphatic carbocycles. The molecule has 0 aromatic carbocycles. The van der Waals surface area contributed by atoms with Crippen molar-refractivity contribution in [3.63, 3.8) is 0 Å². The third-order valence-electron chi connectivity index (χ3n) is 4.05. The average Bonchev–Trinajstić information content (AvgIpc) is 2.15. The van der Waals surface area contributed by atoms with E-state index in [4.69, 9.17) is 0 Å². The second-order valence-corrected chi connectivity index (χ2v) is 4.79. The third-order valence-corrected chi connectivity index (χ3v) is 4.05. The van der Waals surface area contributed by atoms with E-state index in [-0.39, 0.29) is 6.61 Å². The van der Waals surface area contributed by atoms with E-state index < -0.39 is 5.60 Å². The van der Waals surface area contributed by atoms with Crippen molar-refractivity contribution in [1.82, 2.24) is 0 Å². The van der Waals surface area contributed by atoms with Gasteiger partial charge in [-0.15, -0.1) is 0 Å². The van der Waals surface area contributed by atoms with Gasteiger partial charge in [-0.25, -0.2) is 0 Å². The van der Waals surface area contributed by atoms with Crippen molar-refractivity contribution in [2.45, 2.75) is 50.5 Å². The minimum atomic E-state index is -0.413. The summed E-state index contributed by atoms with van der Waals surface area (Å²) in [6.07, 6.45) is 7.68. The van der Waals surface area contributed by atoms with Crippen LogP contribution in [-0.2, 0) is 0 Å². The topological polar surface area (TPSA) is 40.5 Å². The molecular formula is C11H20O2. The molecule has 0 aliphatic heterocycles. The molecular weight excluding hydrogens is 164 g/mol. The van der Waals surface area contributed by atoms with Gasteiger partial charge in [-0.2, -0.15) is 0 Å². The molecule has 0 aromatic heterocycles. The van der Waals surface area contributed by atoms with Gasteiger partial charge in [0.05, 0.1) is 5.60 Å². The molecule has 2 aliphatic rings. The van der Waals surface area contributed by atoms with Crippen LogP contribution in [0.25, 0.3) is 0 Å². The van der Waals surface area contributed by atoms with Gasteiger partial charge in [-0.3, -0.25) is 0 Å². The number of hydrogen-bond donors (Lipinski definition) is 2. The van der Waals surface area contributed by atoms with Gasteiger partial charge in [0.2, 0.25) is 0 Å². The van der Waals surface area contributed by atoms with E-state index in [2.05, 4.69) is 0 Å². The van der Waals surface area contributed by atoms with Crippen LogP contribution in [-0.4, -0.2) is 22.4 Å². The van der Waals surface area contributed by atoms with E-state index in [0.717, 1.165) is 32.1 Å². The van der Waals surface area contributed by atoms with E-state index in [9.17, 15) is 10.2 Å². The van der Waals surface area contributed by atoms with Gasteiger partial charge in [0.15, 0.2) is 0 Å². The van der Waals surface area contributed by atoms with Crippen molar-refractivity contribution >= 4 is 0 Å². The molecule has 0 saturated heterocycles. The maximum Gasteiger partial charge on any atom is 0.0679 e. The second kappa shape index (κ2) is 3.58. The van der Waals surface area contributed by atoms with Crippen LogP contribution in [0.3, 0.4) is 0 Å². The summed E-state index contributed by atoms with van der Waals surface area (Å²) in [5.74, 6) is 0.763. The molecule has 0 amide bonds. The van der Waals surface area contributed by atoms with Gasteiger partial charge < -0.3 is 10.2 Å². The van der Waals surface area contributed by atoms with E-state index in [0.29, 0.717) is 11.8 Å². The zero-order chi connectivity index (χ0) is 9.31. The van der Waals surface area contributed by atoms with Gasteiger partial charge >= 0.3 is 0 Å². The summed E-state index contributed by atoms with van der Waals surface area (Å²) in [5, 5.41) is 19.6. The highest BCUT2D eigenvalue weighted by Gasteiger charge is 2.44. The number of fused-ring (bicyclic) bond motifs is 1. The Hall–Kier alpha value is -0.0800. The zero-order valence-corrected chi connectivity index (χ0v) is 8.21. The Bertz CT molecular complexity index is 177. The SMILES string of the molecule is OC[C@H]1CCC[C@]2(O)CCCC[C@H]12. The fraction of sp³-hybridized carbons (Fsp3) is 1.00. The molecule has 2 saturated carbocycles. The Labute approximate surface area is 80.0 Å². The van der Waals surface area contributed by atoms with Gasteiger partial charge in [0, 0.05) is 6.61 Å². The Balaban J connectivity index is 2.11. The monoisotopic (exact) mass is 184 g/mol. The summed E-state index contributed by atoms with van der Waals surface area (Å²) in [6.45, 7) is 0.271. The molecule has 2 rings (SSSR count). The van der Waals surface area contributed by atoms with Crippen LogP contribution < -0.4 is 0 Å². The van der Waals surface area contributed by atoms with Crippen molar-refractivity contribution in [2.75, 3.05) is 6.61 Å². The Morgan fingerprint density at radius 2 is 1.85 bits per heavy atom. The lowest BCUT2D eigenvalue weighted by Crippen LogP contribution is -2.48. The van der Waals surface area contributed by atoms with Crippen LogP contribution in [0, 0.1) is 11.8 Å². The molecule has 0 unspecified atom stereocenters. The molecule has 2 N–H and O–H groups in total. The Morgan fingerprint density at radius 1 is 1.08 bits per heavy atom. The molecule has 0 aromatic rings. The largest absolute Gasteiger partial charge is 0.396 e. The van der Waals surface area contributed by atoms with E-state index in [1.54, 1.807) is 0 Å². The van der Waals surface area contributed by atoms with E-state index in [1.165, 1.54) is 12.8 Å². The van der Waals surface area contributed by atoms with Gasteiger partial charge in [0.1, 0.15) is 0 Å². The lowest BCUT2D eigenvalue weighted by molar-refractivity contribution is -0.107. The number of hydrogen-bond acceptors (Lipinski definition) is 2. The first-order valence-corrected chi connectivity index (χ1v) is 5.59. The molecule has 2 nitrogen and oxygen atoms in total. The van der Waals surface area contributed by atoms with Crippen molar-refractivity contribution in [3.05, 3.63) is 0 Å². The highest BCUT2D eigenvalue weighted by atomic mass is 16.3. The van der Waals surface area contributed by atoms with Crippen molar-refractivity contribution < 1.29 is 10.2 Å². The molecule has 0 radical (unpaired) electrons. The van der Waals surface area contributed by atoms with Crippen LogP contribution in [0.4, 0.5) is 0 Å². The fourth-order valence-electron chi connectivity index (χ4n) is 3.32. The first kappa shape index (κ1) is 9.47. The molecule has 2 fully saturated rings. The van der Waals surface area contributed by atoms with Crippen molar-refractivity contribution in [2.24, 2.45) is 11.8 Å². The van der Waals surface area contributed by atoms with Gasteiger partial charge in [-0.1, -0.05) is 19.3 Å². The predicted molar refractivity (Wildman–Crippen MR) is 51.3 cm³/mol. The van der Waals surface area contributed by atoms with Crippen molar-refractivity contribution in [3.8, 4) is 0 Å². The molecule has 0 heterocycles. The zero-order valence-electron chi connectivity index (χ0n) is 8.21. The second-order valence-electron chi connectivity index (χ2n) is 4.79. The Morgan fingerprint density at radius 3 is 2.62 bits per heavy atom. The van der Waals surface area contributed by atoms with Crippen LogP contribution in [0.2, 0.25) is 0 Å². The minimum Gasteiger partial charge on any atom is -0.396 e. The van der Waals surface area contributed by atoms with Crippen LogP contribution in [0.1, 0.15) is 44.9 Å². The summed E-state index contributed by atoms with van der Waals surface area (Å²) < 4.78 is 0. The standard InChI is InChI=1S/C11H20O2/c12-8-9-4-3-7-11(13)6-2-1-5-10(9)11/h9-10,12-13H,1-8H2/t9-,10-,11-/m1/s1. The summed E-state index contributed by atoms with van der Waals surface area (Å²) in [6, 6.07) is 0. The Kier molecular flexibility index (Phi) is 2.61. The van der Waals surface area contributed by atoms with Crippen molar-refractivity contribution in [1.29, 1.82) is 0 Å². The minimum absolute atomic E-state index is 0.271. The number of aliphatic hydroxyl groups excluding tert-OH is 1. The first-order valence-electron chi connectivity index (χ1n) is 5.59. The van der Waals surface area contributed by atoms with E-state index >= 15 is 0 Å². The van der Waals surface area contributed by atoms with Crippen LogP contribution in [0.15, 0.2) is 0 Å². The maximum atomic E-state index is 10.4. The number of aliphatic hydroxyl groups is 2. The maximum absolute atomic E-state index is 10.4. The smallest absolute Gasteiger partial charge is 0.0679 e. The normalized spacial score (nSPS) is 45.7. The van der Waals surface area contributed by atoms with Crippen LogP contribution >= 0.6 is 0 Å². The summed E-state index contributed by atoms with van der Waals surface area (Å²) in [4.78, 5) is 0. The van der Waals surface area contributed by atoms with Gasteiger partial charge in [0.25, 0.3) is 0 Å². The lowest BCUT2D eigenvalue weighted by atomic mass is 9.63. The van der Waals surface area contributed by atoms with Gasteiger partial charge in [-0.05, 0) is 37.5 Å². The molecule has 13 heavy (non-hydrogen) atoms. The summed E-state index contributed by atoms with van der Waals surface area (Å²) >= 11 is 0. The molecule has 3 atom stereocenters. The highest BCUT2D eigenvalue weighted by Crippen LogP contribution is 2.46. The molecule has 2 heteroatoms. The average molecular weight is 184 g/mol. The third kappa shape index (κ3) is 1.62. The number of rotatable bonds is 1. The molecule has 76 valence electrons. The lowest BCUT2D eigenvalue weighted by Gasteiger charge is -2.47. The van der Waals surface area contributed by atoms with Crippen LogP contribution in [0.5, 0.6) is 0 Å². The highest BCUT2D eigenvalue weighted by molar-refractivity contribution is 4.96. The molecule has 0 bridgehead atoms. The summed E-state index contributed by atoms with van der Waals surface area (Å²) in [7, 11) is 0.